The van der Waals surface area contributed by atoms with Crippen LogP contribution >= 0.6 is 0 Å². The molecule has 24 heavy (non-hydrogen) atoms. The molecule has 2 aliphatic heterocycles. The van der Waals surface area contributed by atoms with Crippen LogP contribution in [0, 0.1) is 11.2 Å². The Bertz CT molecular complexity index is 611. The number of carbonyl (C=O) groups excluding carboxylic acids is 1. The number of carboxylic acids is 1. The van der Waals surface area contributed by atoms with Crippen molar-refractivity contribution in [3.05, 3.63) is 35.6 Å². The number of carbonyl (C=O) groups is 2. The van der Waals surface area contributed by atoms with Crippen LogP contribution < -0.4 is 5.32 Å². The first-order chi connectivity index (χ1) is 11.5. The molecule has 1 atom stereocenters. The van der Waals surface area contributed by atoms with Crippen molar-refractivity contribution in [1.82, 2.24) is 10.2 Å². The highest BCUT2D eigenvalue weighted by atomic mass is 19.1. The molecule has 1 unspecified atom stereocenters. The minimum Gasteiger partial charge on any atom is -0.480 e. The predicted molar refractivity (Wildman–Crippen MR) is 87.0 cm³/mol. The van der Waals surface area contributed by atoms with E-state index in [4.69, 9.17) is 0 Å². The molecule has 2 heterocycles. The molecule has 0 saturated carbocycles. The number of piperidine rings is 1. The lowest BCUT2D eigenvalue weighted by molar-refractivity contribution is -0.148. The van der Waals surface area contributed by atoms with Gasteiger partial charge in [0.15, 0.2) is 0 Å². The first-order valence-electron chi connectivity index (χ1n) is 8.47. The SMILES string of the molecule is O=C(O)C1CC2(CCNCC2)CN1C(=O)CCc1ccc(F)cc1. The Morgan fingerprint density at radius 1 is 1.25 bits per heavy atom. The van der Waals surface area contributed by atoms with Crippen LogP contribution in [0.2, 0.25) is 0 Å². The normalized spacial score (nSPS) is 22.7. The van der Waals surface area contributed by atoms with Crippen molar-refractivity contribution in [2.75, 3.05) is 19.6 Å². The van der Waals surface area contributed by atoms with Gasteiger partial charge in [0.2, 0.25) is 5.91 Å². The molecule has 130 valence electrons. The Labute approximate surface area is 140 Å². The van der Waals surface area contributed by atoms with Gasteiger partial charge in [-0.15, -0.1) is 0 Å². The fourth-order valence-electron chi connectivity index (χ4n) is 3.90. The van der Waals surface area contributed by atoms with Crippen LogP contribution in [0.5, 0.6) is 0 Å². The van der Waals surface area contributed by atoms with E-state index in [1.54, 1.807) is 17.0 Å². The first-order valence-corrected chi connectivity index (χ1v) is 8.47. The van der Waals surface area contributed by atoms with Crippen molar-refractivity contribution in [2.45, 2.75) is 38.1 Å². The van der Waals surface area contributed by atoms with E-state index in [1.807, 2.05) is 0 Å². The number of nitrogens with one attached hydrogen (secondary N) is 1. The summed E-state index contributed by atoms with van der Waals surface area (Å²) >= 11 is 0. The number of benzene rings is 1. The molecule has 2 aliphatic rings. The number of amides is 1. The Kier molecular flexibility index (Phi) is 4.85. The van der Waals surface area contributed by atoms with E-state index >= 15 is 0 Å². The lowest BCUT2D eigenvalue weighted by Crippen LogP contribution is -2.42. The number of carboxylic acid groups (broad SMARTS) is 1. The van der Waals surface area contributed by atoms with Gasteiger partial charge in [-0.3, -0.25) is 4.79 Å². The van der Waals surface area contributed by atoms with Crippen LogP contribution in [-0.2, 0) is 16.0 Å². The lowest BCUT2D eigenvalue weighted by Gasteiger charge is -2.33. The Balaban J connectivity index is 1.65. The van der Waals surface area contributed by atoms with Crippen LogP contribution in [0.25, 0.3) is 0 Å². The molecule has 0 bridgehead atoms. The van der Waals surface area contributed by atoms with Crippen molar-refractivity contribution < 1.29 is 19.1 Å². The third-order valence-electron chi connectivity index (χ3n) is 5.32. The molecular weight excluding hydrogens is 311 g/mol. The number of likely N-dealkylation sites (tertiary alicyclic amines) is 1. The molecule has 1 aromatic rings. The second-order valence-corrected chi connectivity index (χ2v) is 6.96. The smallest absolute Gasteiger partial charge is 0.326 e. The fourth-order valence-corrected chi connectivity index (χ4v) is 3.90. The molecule has 0 aliphatic carbocycles. The van der Waals surface area contributed by atoms with Gasteiger partial charge in [0.05, 0.1) is 0 Å². The van der Waals surface area contributed by atoms with Crippen molar-refractivity contribution >= 4 is 11.9 Å². The molecule has 1 spiro atoms. The van der Waals surface area contributed by atoms with E-state index in [0.717, 1.165) is 31.5 Å². The molecule has 6 heteroatoms. The summed E-state index contributed by atoms with van der Waals surface area (Å²) in [4.78, 5) is 25.8. The Morgan fingerprint density at radius 2 is 1.92 bits per heavy atom. The molecule has 2 N–H and O–H groups in total. The molecule has 0 aromatic heterocycles. The summed E-state index contributed by atoms with van der Waals surface area (Å²) in [6.45, 7) is 2.29. The summed E-state index contributed by atoms with van der Waals surface area (Å²) in [6, 6.07) is 5.36. The highest BCUT2D eigenvalue weighted by Crippen LogP contribution is 2.42. The fraction of sp³-hybridized carbons (Fsp3) is 0.556. The van der Waals surface area contributed by atoms with Crippen LogP contribution in [0.3, 0.4) is 0 Å². The van der Waals surface area contributed by atoms with Gasteiger partial charge >= 0.3 is 5.97 Å². The largest absolute Gasteiger partial charge is 0.480 e. The minimum absolute atomic E-state index is 0.0557. The van der Waals surface area contributed by atoms with Gasteiger partial charge in [-0.1, -0.05) is 12.1 Å². The third kappa shape index (κ3) is 3.59. The number of aryl methyl sites for hydroxylation is 1. The third-order valence-corrected chi connectivity index (χ3v) is 5.32. The second kappa shape index (κ2) is 6.89. The van der Waals surface area contributed by atoms with Gasteiger partial charge in [0, 0.05) is 13.0 Å². The Morgan fingerprint density at radius 3 is 2.54 bits per heavy atom. The molecule has 1 amide bonds. The summed E-state index contributed by atoms with van der Waals surface area (Å²) in [5, 5.41) is 12.8. The zero-order valence-corrected chi connectivity index (χ0v) is 13.6. The number of hydrogen-bond donors (Lipinski definition) is 2. The highest BCUT2D eigenvalue weighted by Gasteiger charge is 2.48. The van der Waals surface area contributed by atoms with E-state index in [9.17, 15) is 19.1 Å². The van der Waals surface area contributed by atoms with E-state index in [1.165, 1.54) is 12.1 Å². The maximum atomic E-state index is 12.9. The van der Waals surface area contributed by atoms with Gasteiger partial charge in [0.25, 0.3) is 0 Å². The number of nitrogens with zero attached hydrogens (tertiary/aromatic N) is 1. The predicted octanol–water partition coefficient (Wildman–Crippen LogP) is 1.81. The van der Waals surface area contributed by atoms with E-state index < -0.39 is 12.0 Å². The molecule has 3 rings (SSSR count). The minimum atomic E-state index is -0.916. The van der Waals surface area contributed by atoms with Gasteiger partial charge < -0.3 is 15.3 Å². The van der Waals surface area contributed by atoms with Crippen LogP contribution in [0.4, 0.5) is 4.39 Å². The average Bonchev–Trinajstić information content (AvgIpc) is 2.94. The summed E-state index contributed by atoms with van der Waals surface area (Å²) in [5.41, 5.74) is 0.826. The Hall–Kier alpha value is -1.95. The van der Waals surface area contributed by atoms with Gasteiger partial charge in [-0.2, -0.15) is 0 Å². The molecule has 5 nitrogen and oxygen atoms in total. The quantitative estimate of drug-likeness (QED) is 0.881. The summed E-state index contributed by atoms with van der Waals surface area (Å²) in [7, 11) is 0. The maximum absolute atomic E-state index is 12.9. The maximum Gasteiger partial charge on any atom is 0.326 e. The lowest BCUT2D eigenvalue weighted by atomic mass is 9.77. The van der Waals surface area contributed by atoms with Crippen LogP contribution in [0.15, 0.2) is 24.3 Å². The number of rotatable bonds is 4. The summed E-state index contributed by atoms with van der Waals surface area (Å²) in [6.07, 6.45) is 3.13. The van der Waals surface area contributed by atoms with E-state index in [-0.39, 0.29) is 23.6 Å². The first kappa shape index (κ1) is 16.9. The van der Waals surface area contributed by atoms with E-state index in [0.29, 0.717) is 19.4 Å². The monoisotopic (exact) mass is 334 g/mol. The van der Waals surface area contributed by atoms with Crippen molar-refractivity contribution in [1.29, 1.82) is 0 Å². The molecule has 2 fully saturated rings. The molecule has 0 radical (unpaired) electrons. The molecule has 1 aromatic carbocycles. The zero-order chi connectivity index (χ0) is 17.2. The van der Waals surface area contributed by atoms with Crippen LogP contribution in [0.1, 0.15) is 31.2 Å². The van der Waals surface area contributed by atoms with Gasteiger partial charge in [-0.05, 0) is 61.9 Å². The second-order valence-electron chi connectivity index (χ2n) is 6.96. The summed E-state index contributed by atoms with van der Waals surface area (Å²) < 4.78 is 12.9. The van der Waals surface area contributed by atoms with Crippen molar-refractivity contribution in [2.24, 2.45) is 5.41 Å². The van der Waals surface area contributed by atoms with Gasteiger partial charge in [0.1, 0.15) is 11.9 Å². The molecular formula is C18H23FN2O3. The van der Waals surface area contributed by atoms with Crippen LogP contribution in [-0.4, -0.2) is 47.6 Å². The molecule has 2 saturated heterocycles. The number of halogens is 1. The number of hydrogen-bond acceptors (Lipinski definition) is 3. The highest BCUT2D eigenvalue weighted by molar-refractivity contribution is 5.84. The van der Waals surface area contributed by atoms with Crippen molar-refractivity contribution in [3.63, 3.8) is 0 Å². The topological polar surface area (TPSA) is 69.6 Å². The zero-order valence-electron chi connectivity index (χ0n) is 13.6. The summed E-state index contributed by atoms with van der Waals surface area (Å²) in [5.74, 6) is -1.34. The standard InChI is InChI=1S/C18H23FN2O3/c19-14-4-1-13(2-5-14)3-6-16(22)21-12-18(7-9-20-10-8-18)11-15(21)17(23)24/h1-2,4-5,15,20H,3,6-12H2,(H,23,24). The van der Waals surface area contributed by atoms with Gasteiger partial charge in [-0.25, -0.2) is 9.18 Å². The van der Waals surface area contributed by atoms with E-state index in [2.05, 4.69) is 5.32 Å². The number of aliphatic carboxylic acids is 1. The average molecular weight is 334 g/mol. The van der Waals surface area contributed by atoms with Crippen molar-refractivity contribution in [3.8, 4) is 0 Å².